The molecule has 0 heterocycles. The van der Waals surface area contributed by atoms with Crippen LogP contribution < -0.4 is 109 Å². The van der Waals surface area contributed by atoms with Crippen molar-refractivity contribution in [2.75, 3.05) is 5.73 Å². The number of anilines is 1. The summed E-state index contributed by atoms with van der Waals surface area (Å²) in [6.07, 6.45) is 0. The molecule has 0 radical (unpaired) electrons. The first-order valence-electron chi connectivity index (χ1n) is 5.46. The summed E-state index contributed by atoms with van der Waals surface area (Å²) >= 11 is 0. The van der Waals surface area contributed by atoms with Gasteiger partial charge >= 0.3 is 103 Å². The largest absolute Gasteiger partial charge is 1.00 e. The Morgan fingerprint density at radius 2 is 1.16 bits per heavy atom. The summed E-state index contributed by atoms with van der Waals surface area (Å²) < 4.78 is 100. The van der Waals surface area contributed by atoms with Crippen LogP contribution in [0, 0.1) is 0 Å². The minimum absolute atomic E-state index is 0. The average Bonchev–Trinajstić information content (AvgIpc) is 2.32. The Morgan fingerprint density at radius 1 is 0.680 bits per heavy atom. The number of hydrogen-bond donors (Lipinski definition) is 1. The van der Waals surface area contributed by atoms with E-state index >= 15 is 0 Å². The molecular formula is C10H6K2NO9S3-. The summed E-state index contributed by atoms with van der Waals surface area (Å²) in [6.45, 7) is 0. The van der Waals surface area contributed by atoms with Gasteiger partial charge in [0, 0.05) is 11.1 Å². The van der Waals surface area contributed by atoms with Crippen LogP contribution in [0.2, 0.25) is 0 Å². The van der Waals surface area contributed by atoms with Gasteiger partial charge in [-0.2, -0.15) is 0 Å². The second-order valence-corrected chi connectivity index (χ2v) is 8.47. The molecule has 0 unspecified atom stereocenters. The third-order valence-electron chi connectivity index (χ3n) is 2.85. The molecular weight excluding hydrogens is 453 g/mol. The summed E-state index contributed by atoms with van der Waals surface area (Å²) in [7, 11) is -15.4. The van der Waals surface area contributed by atoms with Gasteiger partial charge < -0.3 is 19.4 Å². The van der Waals surface area contributed by atoms with Gasteiger partial charge in [-0.05, 0) is 29.7 Å². The zero-order valence-electron chi connectivity index (χ0n) is 12.8. The van der Waals surface area contributed by atoms with Crippen LogP contribution in [0.1, 0.15) is 0 Å². The molecule has 0 saturated carbocycles. The van der Waals surface area contributed by atoms with Crippen LogP contribution in [0.3, 0.4) is 0 Å². The quantitative estimate of drug-likeness (QED) is 0.262. The van der Waals surface area contributed by atoms with Gasteiger partial charge in [0.2, 0.25) is 0 Å². The molecule has 0 fully saturated rings. The minimum atomic E-state index is -5.21. The summed E-state index contributed by atoms with van der Waals surface area (Å²) in [4.78, 5) is -3.09. The number of nitrogens with two attached hydrogens (primary N) is 1. The van der Waals surface area contributed by atoms with Crippen molar-refractivity contribution in [3.63, 3.8) is 0 Å². The van der Waals surface area contributed by atoms with E-state index in [1.807, 2.05) is 0 Å². The van der Waals surface area contributed by atoms with Crippen molar-refractivity contribution in [3.05, 3.63) is 24.3 Å². The molecule has 0 amide bonds. The molecule has 2 rings (SSSR count). The number of nitrogen functional groups attached to an aromatic ring is 1. The Kier molecular flexibility index (Phi) is 9.42. The third kappa shape index (κ3) is 6.24. The average molecular weight is 459 g/mol. The van der Waals surface area contributed by atoms with Crippen LogP contribution in [0.5, 0.6) is 0 Å². The molecule has 0 atom stereocenters. The van der Waals surface area contributed by atoms with Gasteiger partial charge in [-0.15, -0.1) is 0 Å². The van der Waals surface area contributed by atoms with Crippen molar-refractivity contribution in [1.82, 2.24) is 0 Å². The first-order valence-corrected chi connectivity index (χ1v) is 9.69. The minimum Gasteiger partial charge on any atom is -0.744 e. The number of rotatable bonds is 3. The SMILES string of the molecule is Nc1cc2c(S(=O)(=O)[O-])cc(S(=O)(=O)[O-])cc2cc1S(=O)(=O)[O-].[K+].[K+]. The predicted molar refractivity (Wildman–Crippen MR) is 72.3 cm³/mol. The van der Waals surface area contributed by atoms with E-state index in [9.17, 15) is 38.9 Å². The smallest absolute Gasteiger partial charge is 0.744 e. The van der Waals surface area contributed by atoms with Crippen molar-refractivity contribution in [3.8, 4) is 0 Å². The van der Waals surface area contributed by atoms with Crippen molar-refractivity contribution < 1.29 is 142 Å². The topological polar surface area (TPSA) is 198 Å². The van der Waals surface area contributed by atoms with Gasteiger partial charge in [-0.3, -0.25) is 0 Å². The zero-order valence-corrected chi connectivity index (χ0v) is 21.5. The Hall–Kier alpha value is 1.50. The van der Waals surface area contributed by atoms with Crippen LogP contribution in [-0.2, 0) is 30.4 Å². The van der Waals surface area contributed by atoms with Crippen molar-refractivity contribution in [1.29, 1.82) is 0 Å². The fourth-order valence-electron chi connectivity index (χ4n) is 1.91. The number of fused-ring (bicyclic) bond motifs is 1. The third-order valence-corrected chi connectivity index (χ3v) is 5.43. The molecule has 126 valence electrons. The zero-order chi connectivity index (χ0) is 17.8. The second kappa shape index (κ2) is 8.89. The Balaban J connectivity index is 0.00000288. The summed E-state index contributed by atoms with van der Waals surface area (Å²) in [6, 6.07) is 2.31. The summed E-state index contributed by atoms with van der Waals surface area (Å²) in [5.74, 6) is 0. The monoisotopic (exact) mass is 458 g/mol. The molecule has 0 bridgehead atoms. The molecule has 0 aromatic heterocycles. The number of benzene rings is 2. The molecule has 0 aliphatic heterocycles. The van der Waals surface area contributed by atoms with Gasteiger partial charge in [0.05, 0.1) is 14.7 Å². The van der Waals surface area contributed by atoms with E-state index in [0.29, 0.717) is 18.2 Å². The molecule has 2 aromatic carbocycles. The maximum absolute atomic E-state index is 11.2. The fraction of sp³-hybridized carbons (Fsp3) is 0. The first kappa shape index (κ1) is 26.5. The predicted octanol–water partition coefficient (Wildman–Crippen LogP) is -6.86. The van der Waals surface area contributed by atoms with E-state index in [4.69, 9.17) is 5.73 Å². The van der Waals surface area contributed by atoms with Crippen LogP contribution in [0.25, 0.3) is 10.8 Å². The Morgan fingerprint density at radius 3 is 1.56 bits per heavy atom. The molecule has 2 N–H and O–H groups in total. The van der Waals surface area contributed by atoms with Gasteiger partial charge in [0.25, 0.3) is 0 Å². The molecule has 2 aromatic rings. The van der Waals surface area contributed by atoms with Crippen LogP contribution in [-0.4, -0.2) is 38.9 Å². The maximum atomic E-state index is 11.2. The van der Waals surface area contributed by atoms with E-state index in [0.717, 1.165) is 6.07 Å². The van der Waals surface area contributed by atoms with Crippen molar-refractivity contribution in [2.24, 2.45) is 0 Å². The molecule has 15 heteroatoms. The molecule has 0 aliphatic rings. The maximum Gasteiger partial charge on any atom is 1.00 e. The van der Waals surface area contributed by atoms with Gasteiger partial charge in [-0.25, -0.2) is 25.3 Å². The van der Waals surface area contributed by atoms with Crippen LogP contribution in [0.15, 0.2) is 39.0 Å². The normalized spacial score (nSPS) is 12.3. The fourth-order valence-corrected chi connectivity index (χ4v) is 3.86. The van der Waals surface area contributed by atoms with Crippen LogP contribution in [0.4, 0.5) is 5.69 Å². The number of hydrogen-bond acceptors (Lipinski definition) is 10. The van der Waals surface area contributed by atoms with Gasteiger partial charge in [-0.1, -0.05) is 0 Å². The van der Waals surface area contributed by atoms with E-state index in [1.54, 1.807) is 0 Å². The summed E-state index contributed by atoms with van der Waals surface area (Å²) in [5, 5.41) is -0.850. The van der Waals surface area contributed by atoms with Crippen LogP contribution >= 0.6 is 0 Å². The van der Waals surface area contributed by atoms with Crippen molar-refractivity contribution >= 4 is 46.8 Å². The first-order chi connectivity index (χ1) is 10.2. The van der Waals surface area contributed by atoms with Gasteiger partial charge in [0.1, 0.15) is 30.4 Å². The molecule has 10 nitrogen and oxygen atoms in total. The molecule has 0 saturated heterocycles. The molecule has 0 spiro atoms. The Labute approximate surface area is 228 Å². The van der Waals surface area contributed by atoms with E-state index in [1.165, 1.54) is 0 Å². The van der Waals surface area contributed by atoms with E-state index in [-0.39, 0.29) is 103 Å². The second-order valence-electron chi connectivity index (χ2n) is 4.39. The molecule has 25 heavy (non-hydrogen) atoms. The summed E-state index contributed by atoms with van der Waals surface area (Å²) in [5.41, 5.74) is 4.72. The standard InChI is InChI=1S/C10H9NO9S3.2K/c11-8-4-7-5(2-10(8)23(18,19)20)1-6(21(12,13)14)3-9(7)22(15,16)17;;/h1-4H,11H2,(H,12,13,14)(H,15,16,17)(H,18,19,20);;/q;2*+1/p-3. The van der Waals surface area contributed by atoms with E-state index in [2.05, 4.69) is 0 Å². The van der Waals surface area contributed by atoms with E-state index < -0.39 is 61.5 Å². The molecule has 0 aliphatic carbocycles. The van der Waals surface area contributed by atoms with Crippen molar-refractivity contribution in [2.45, 2.75) is 14.7 Å². The Bertz CT molecular complexity index is 1140. The van der Waals surface area contributed by atoms with Gasteiger partial charge in [0.15, 0.2) is 0 Å².